The van der Waals surface area contributed by atoms with Gasteiger partial charge < -0.3 is 0 Å². The van der Waals surface area contributed by atoms with E-state index in [4.69, 9.17) is 0 Å². The molecule has 0 aliphatic heterocycles. The van der Waals surface area contributed by atoms with Gasteiger partial charge in [-0.25, -0.2) is 0 Å². The van der Waals surface area contributed by atoms with E-state index in [0.717, 1.165) is 0 Å². The molecular weight excluding hydrogens is 91.0 g/mol. The van der Waals surface area contributed by atoms with E-state index in [2.05, 4.69) is 8.86 Å². The maximum absolute atomic E-state index is 3.50. The standard InChI is InChI=1S/C5H9P/c6-5-3-1-2-4-5/h6H,1-4H2. The van der Waals surface area contributed by atoms with Crippen LogP contribution in [0.25, 0.3) is 0 Å². The Kier molecular flexibility index (Phi) is 1.26. The highest BCUT2D eigenvalue weighted by molar-refractivity contribution is 7.21. The molecule has 0 aromatic rings. The van der Waals surface area contributed by atoms with Crippen LogP contribution in [0.5, 0.6) is 0 Å². The Morgan fingerprint density at radius 1 is 1.17 bits per heavy atom. The topological polar surface area (TPSA) is 0 Å². The lowest BCUT2D eigenvalue weighted by Gasteiger charge is -1.79. The molecule has 0 amide bonds. The second kappa shape index (κ2) is 1.75. The highest BCUT2D eigenvalue weighted by Crippen LogP contribution is 2.14. The van der Waals surface area contributed by atoms with Gasteiger partial charge in [0.2, 0.25) is 0 Å². The van der Waals surface area contributed by atoms with Crippen LogP contribution in [-0.4, -0.2) is 5.29 Å². The van der Waals surface area contributed by atoms with Crippen molar-refractivity contribution in [1.29, 1.82) is 0 Å². The van der Waals surface area contributed by atoms with E-state index in [9.17, 15) is 0 Å². The van der Waals surface area contributed by atoms with Gasteiger partial charge in [0.1, 0.15) is 0 Å². The zero-order valence-electron chi connectivity index (χ0n) is 3.83. The molecule has 0 unspecified atom stereocenters. The van der Waals surface area contributed by atoms with E-state index in [1.165, 1.54) is 31.0 Å². The summed E-state index contributed by atoms with van der Waals surface area (Å²) >= 11 is 0. The number of rotatable bonds is 0. The summed E-state index contributed by atoms with van der Waals surface area (Å²) in [4.78, 5) is 0. The van der Waals surface area contributed by atoms with Gasteiger partial charge in [-0.3, -0.25) is 0 Å². The summed E-state index contributed by atoms with van der Waals surface area (Å²) in [5.41, 5.74) is 0. The van der Waals surface area contributed by atoms with Gasteiger partial charge in [-0.1, -0.05) is 5.29 Å². The Morgan fingerprint density at radius 2 is 1.67 bits per heavy atom. The smallest absolute Gasteiger partial charge is 0.0279 e. The first-order chi connectivity index (χ1) is 2.89. The first-order valence-electron chi connectivity index (χ1n) is 2.46. The van der Waals surface area contributed by atoms with Gasteiger partial charge in [-0.05, 0) is 25.7 Å². The number of hydrogen-bond donors (Lipinski definition) is 0. The summed E-state index contributed by atoms with van der Waals surface area (Å²) in [5, 5.41) is 1.51. The van der Waals surface area contributed by atoms with E-state index in [-0.39, 0.29) is 0 Å². The Labute approximate surface area is 40.8 Å². The molecule has 0 atom stereocenters. The molecule has 6 heavy (non-hydrogen) atoms. The lowest BCUT2D eigenvalue weighted by atomic mass is 10.4. The van der Waals surface area contributed by atoms with Gasteiger partial charge in [0.05, 0.1) is 0 Å². The van der Waals surface area contributed by atoms with Gasteiger partial charge in [0.15, 0.2) is 0 Å². The zero-order chi connectivity index (χ0) is 4.41. The molecule has 0 radical (unpaired) electrons. The third kappa shape index (κ3) is 0.815. The molecule has 0 bridgehead atoms. The van der Waals surface area contributed by atoms with Crippen molar-refractivity contribution in [2.24, 2.45) is 0 Å². The Hall–Kier alpha value is 0.170. The maximum atomic E-state index is 3.50. The van der Waals surface area contributed by atoms with Crippen molar-refractivity contribution < 1.29 is 0 Å². The van der Waals surface area contributed by atoms with Gasteiger partial charge in [-0.2, -0.15) is 0 Å². The largest absolute Gasteiger partial charge is 0.123 e. The van der Waals surface area contributed by atoms with Gasteiger partial charge in [0, 0.05) is 0 Å². The van der Waals surface area contributed by atoms with Crippen LogP contribution < -0.4 is 0 Å². The average molecular weight is 100 g/mol. The van der Waals surface area contributed by atoms with Crippen molar-refractivity contribution in [3.8, 4) is 0 Å². The van der Waals surface area contributed by atoms with Crippen LogP contribution in [0.15, 0.2) is 0 Å². The number of hydrogen-bond acceptors (Lipinski definition) is 0. The van der Waals surface area contributed by atoms with Crippen molar-refractivity contribution in [3.05, 3.63) is 0 Å². The Balaban J connectivity index is 2.37. The van der Waals surface area contributed by atoms with Crippen LogP contribution >= 0.6 is 8.86 Å². The third-order valence-electron chi connectivity index (χ3n) is 1.21. The van der Waals surface area contributed by atoms with Crippen LogP contribution in [0.4, 0.5) is 0 Å². The van der Waals surface area contributed by atoms with Crippen LogP contribution in [0.1, 0.15) is 25.7 Å². The molecule has 1 saturated carbocycles. The lowest BCUT2D eigenvalue weighted by molar-refractivity contribution is 0.886. The molecular formula is C5H9P. The predicted molar refractivity (Wildman–Crippen MR) is 31.8 cm³/mol. The first-order valence-corrected chi connectivity index (χ1v) is 2.96. The Morgan fingerprint density at radius 3 is 1.83 bits per heavy atom. The Bertz CT molecular complexity index is 58.3. The second-order valence-corrected chi connectivity index (χ2v) is 2.52. The van der Waals surface area contributed by atoms with Crippen LogP contribution in [0.3, 0.4) is 0 Å². The lowest BCUT2D eigenvalue weighted by Crippen LogP contribution is -1.75. The quantitative estimate of drug-likeness (QED) is 0.408. The molecule has 1 fully saturated rings. The van der Waals surface area contributed by atoms with E-state index >= 15 is 0 Å². The summed E-state index contributed by atoms with van der Waals surface area (Å²) in [6.07, 6.45) is 5.44. The molecule has 0 aromatic heterocycles. The van der Waals surface area contributed by atoms with Crippen molar-refractivity contribution in [2.75, 3.05) is 0 Å². The average Bonchev–Trinajstić information content (AvgIpc) is 1.86. The molecule has 0 spiro atoms. The van der Waals surface area contributed by atoms with E-state index in [1.54, 1.807) is 0 Å². The molecule has 0 N–H and O–H groups in total. The fourth-order valence-corrected chi connectivity index (χ4v) is 1.16. The minimum atomic E-state index is 1.32. The third-order valence-corrected chi connectivity index (χ3v) is 1.71. The van der Waals surface area contributed by atoms with Crippen molar-refractivity contribution in [1.82, 2.24) is 0 Å². The maximum Gasteiger partial charge on any atom is -0.0279 e. The minimum Gasteiger partial charge on any atom is -0.123 e. The molecule has 1 rings (SSSR count). The summed E-state index contributed by atoms with van der Waals surface area (Å²) in [5.74, 6) is 0. The molecule has 1 aliphatic rings. The molecule has 1 aliphatic carbocycles. The molecule has 0 nitrogen and oxygen atoms in total. The SMILES string of the molecule is P=C1CCCC1. The predicted octanol–water partition coefficient (Wildman–Crippen LogP) is 1.88. The highest BCUT2D eigenvalue weighted by Gasteiger charge is 2.01. The normalized spacial score (nSPS) is 22.3. The highest BCUT2D eigenvalue weighted by atomic mass is 31.0. The van der Waals surface area contributed by atoms with Crippen molar-refractivity contribution >= 4 is 14.2 Å². The first kappa shape index (κ1) is 4.33. The monoisotopic (exact) mass is 100 g/mol. The molecule has 34 valence electrons. The van der Waals surface area contributed by atoms with Crippen molar-refractivity contribution in [3.63, 3.8) is 0 Å². The van der Waals surface area contributed by atoms with Crippen molar-refractivity contribution in [2.45, 2.75) is 25.7 Å². The van der Waals surface area contributed by atoms with Gasteiger partial charge in [-0.15, -0.1) is 8.86 Å². The minimum absolute atomic E-state index is 1.32. The zero-order valence-corrected chi connectivity index (χ0v) is 4.83. The summed E-state index contributed by atoms with van der Waals surface area (Å²) in [7, 11) is 3.50. The van der Waals surface area contributed by atoms with E-state index in [0.29, 0.717) is 0 Å². The summed E-state index contributed by atoms with van der Waals surface area (Å²) in [6.45, 7) is 0. The van der Waals surface area contributed by atoms with Gasteiger partial charge >= 0.3 is 0 Å². The summed E-state index contributed by atoms with van der Waals surface area (Å²) in [6, 6.07) is 0. The fraction of sp³-hybridized carbons (Fsp3) is 0.800. The molecule has 0 heterocycles. The fourth-order valence-electron chi connectivity index (χ4n) is 0.802. The van der Waals surface area contributed by atoms with E-state index < -0.39 is 0 Å². The van der Waals surface area contributed by atoms with Crippen LogP contribution in [-0.2, 0) is 0 Å². The van der Waals surface area contributed by atoms with Gasteiger partial charge in [0.25, 0.3) is 0 Å². The van der Waals surface area contributed by atoms with Crippen LogP contribution in [0.2, 0.25) is 0 Å². The second-order valence-electron chi connectivity index (χ2n) is 1.81. The molecule has 1 heteroatoms. The van der Waals surface area contributed by atoms with Crippen LogP contribution in [0, 0.1) is 0 Å². The molecule has 0 aromatic carbocycles. The molecule has 0 saturated heterocycles. The van der Waals surface area contributed by atoms with E-state index in [1.807, 2.05) is 0 Å². The summed E-state index contributed by atoms with van der Waals surface area (Å²) < 4.78 is 0.